The fourth-order valence-electron chi connectivity index (χ4n) is 2.57. The number of ether oxygens (including phenoxy) is 1. The Labute approximate surface area is 161 Å². The van der Waals surface area contributed by atoms with Crippen molar-refractivity contribution in [1.82, 2.24) is 10.6 Å². The number of methoxy groups -OCH3 is 1. The van der Waals surface area contributed by atoms with E-state index in [1.165, 1.54) is 7.11 Å². The quantitative estimate of drug-likeness (QED) is 0.356. The van der Waals surface area contributed by atoms with E-state index in [1.807, 2.05) is 30.3 Å². The molecule has 0 saturated carbocycles. The van der Waals surface area contributed by atoms with Crippen LogP contribution in [0.25, 0.3) is 0 Å². The van der Waals surface area contributed by atoms with Gasteiger partial charge in [0.1, 0.15) is 6.04 Å². The van der Waals surface area contributed by atoms with E-state index in [1.54, 1.807) is 0 Å². The van der Waals surface area contributed by atoms with Crippen LogP contribution in [0.15, 0.2) is 30.3 Å². The zero-order chi connectivity index (χ0) is 20.4. The Kier molecular flexibility index (Phi) is 9.41. The number of carbonyl (C=O) groups excluding carboxylic acids is 2. The van der Waals surface area contributed by atoms with Gasteiger partial charge in [0.25, 0.3) is 0 Å². The molecule has 1 amide bonds. The van der Waals surface area contributed by atoms with E-state index in [2.05, 4.69) is 31.4 Å². The van der Waals surface area contributed by atoms with Crippen LogP contribution in [0.2, 0.25) is 0 Å². The van der Waals surface area contributed by atoms with Crippen molar-refractivity contribution in [2.45, 2.75) is 58.4 Å². The standard InChI is InChI=1S/C20H32N2O5/c1-20(2,3)10-11-21-15(13-17(23)24)18(25)22-16(19(26)27-4)12-14-8-6-5-7-9-14/h5-9,15-17,21,23-24H,10-13H2,1-4H3,(H,22,25)/t15-,16?/m0/s1. The number of aliphatic hydroxyl groups is 2. The molecule has 2 atom stereocenters. The molecule has 0 bridgehead atoms. The summed E-state index contributed by atoms with van der Waals surface area (Å²) in [5.74, 6) is -1.02. The van der Waals surface area contributed by atoms with Crippen molar-refractivity contribution in [2.75, 3.05) is 13.7 Å². The van der Waals surface area contributed by atoms with E-state index >= 15 is 0 Å². The van der Waals surface area contributed by atoms with Crippen LogP contribution in [-0.4, -0.2) is 54.1 Å². The fraction of sp³-hybridized carbons (Fsp3) is 0.600. The average Bonchev–Trinajstić information content (AvgIpc) is 2.59. The molecule has 0 aliphatic rings. The summed E-state index contributed by atoms with van der Waals surface area (Å²) >= 11 is 0. The van der Waals surface area contributed by atoms with Gasteiger partial charge < -0.3 is 25.6 Å². The molecule has 7 nitrogen and oxygen atoms in total. The van der Waals surface area contributed by atoms with Crippen LogP contribution in [0.4, 0.5) is 0 Å². The largest absolute Gasteiger partial charge is 0.467 e. The first-order valence-corrected chi connectivity index (χ1v) is 9.14. The molecular weight excluding hydrogens is 348 g/mol. The Morgan fingerprint density at radius 3 is 2.26 bits per heavy atom. The summed E-state index contributed by atoms with van der Waals surface area (Å²) in [6, 6.07) is 7.61. The minimum atomic E-state index is -1.63. The molecular formula is C20H32N2O5. The highest BCUT2D eigenvalue weighted by molar-refractivity contribution is 5.87. The van der Waals surface area contributed by atoms with Gasteiger partial charge in [-0.25, -0.2) is 4.79 Å². The van der Waals surface area contributed by atoms with Crippen LogP contribution in [-0.2, 0) is 20.7 Å². The molecule has 0 saturated heterocycles. The van der Waals surface area contributed by atoms with Crippen molar-refractivity contribution in [2.24, 2.45) is 5.41 Å². The Bertz CT molecular complexity index is 584. The van der Waals surface area contributed by atoms with Crippen LogP contribution < -0.4 is 10.6 Å². The van der Waals surface area contributed by atoms with E-state index in [0.717, 1.165) is 12.0 Å². The summed E-state index contributed by atoms with van der Waals surface area (Å²) in [7, 11) is 1.27. The topological polar surface area (TPSA) is 108 Å². The monoisotopic (exact) mass is 380 g/mol. The fourth-order valence-corrected chi connectivity index (χ4v) is 2.57. The summed E-state index contributed by atoms with van der Waals surface area (Å²) < 4.78 is 4.80. The molecule has 7 heteroatoms. The molecule has 27 heavy (non-hydrogen) atoms. The van der Waals surface area contributed by atoms with E-state index in [9.17, 15) is 19.8 Å². The molecule has 1 unspecified atom stereocenters. The Balaban J connectivity index is 2.78. The summed E-state index contributed by atoms with van der Waals surface area (Å²) in [5, 5.41) is 24.3. The van der Waals surface area contributed by atoms with Gasteiger partial charge in [0, 0.05) is 12.8 Å². The molecule has 0 spiro atoms. The molecule has 0 radical (unpaired) electrons. The Hall–Kier alpha value is -1.96. The maximum Gasteiger partial charge on any atom is 0.328 e. The molecule has 0 aliphatic heterocycles. The molecule has 152 valence electrons. The lowest BCUT2D eigenvalue weighted by Gasteiger charge is -2.25. The predicted molar refractivity (Wildman–Crippen MR) is 103 cm³/mol. The zero-order valence-electron chi connectivity index (χ0n) is 16.6. The Morgan fingerprint density at radius 2 is 1.74 bits per heavy atom. The number of nitrogens with one attached hydrogen (secondary N) is 2. The van der Waals surface area contributed by atoms with Crippen LogP contribution in [0.1, 0.15) is 39.2 Å². The lowest BCUT2D eigenvalue weighted by atomic mass is 9.92. The van der Waals surface area contributed by atoms with Crippen molar-refractivity contribution < 1.29 is 24.5 Å². The summed E-state index contributed by atoms with van der Waals surface area (Å²) in [5.41, 5.74) is 0.959. The Morgan fingerprint density at radius 1 is 1.11 bits per heavy atom. The normalized spacial score (nSPS) is 13.9. The molecule has 0 aliphatic carbocycles. The van der Waals surface area contributed by atoms with Crippen molar-refractivity contribution >= 4 is 11.9 Å². The number of benzene rings is 1. The maximum atomic E-state index is 12.7. The van der Waals surface area contributed by atoms with E-state index in [4.69, 9.17) is 4.74 Å². The van der Waals surface area contributed by atoms with Gasteiger partial charge in [-0.2, -0.15) is 0 Å². The third kappa shape index (κ3) is 9.51. The molecule has 0 heterocycles. The molecule has 0 fully saturated rings. The SMILES string of the molecule is COC(=O)C(Cc1ccccc1)NC(=O)[C@H](CC(O)O)NCCC(C)(C)C. The van der Waals surface area contributed by atoms with Crippen LogP contribution >= 0.6 is 0 Å². The third-order valence-corrected chi connectivity index (χ3v) is 4.11. The van der Waals surface area contributed by atoms with Crippen molar-refractivity contribution in [3.8, 4) is 0 Å². The van der Waals surface area contributed by atoms with Gasteiger partial charge in [0.05, 0.1) is 13.2 Å². The van der Waals surface area contributed by atoms with E-state index in [-0.39, 0.29) is 18.3 Å². The van der Waals surface area contributed by atoms with Gasteiger partial charge in [-0.15, -0.1) is 0 Å². The number of hydrogen-bond acceptors (Lipinski definition) is 6. The first-order valence-electron chi connectivity index (χ1n) is 9.14. The van der Waals surface area contributed by atoms with Crippen LogP contribution in [0, 0.1) is 5.41 Å². The number of carbonyl (C=O) groups is 2. The highest BCUT2D eigenvalue weighted by Crippen LogP contribution is 2.17. The number of esters is 1. The lowest BCUT2D eigenvalue weighted by Crippen LogP contribution is -2.52. The molecule has 1 rings (SSSR count). The van der Waals surface area contributed by atoms with E-state index in [0.29, 0.717) is 6.54 Å². The maximum absolute atomic E-state index is 12.7. The van der Waals surface area contributed by atoms with Gasteiger partial charge in [-0.05, 0) is 23.9 Å². The van der Waals surface area contributed by atoms with Gasteiger partial charge >= 0.3 is 5.97 Å². The highest BCUT2D eigenvalue weighted by Gasteiger charge is 2.27. The van der Waals surface area contributed by atoms with Gasteiger partial charge in [-0.3, -0.25) is 4.79 Å². The lowest BCUT2D eigenvalue weighted by molar-refractivity contribution is -0.145. The smallest absolute Gasteiger partial charge is 0.328 e. The average molecular weight is 380 g/mol. The second kappa shape index (κ2) is 11.0. The second-order valence-electron chi connectivity index (χ2n) is 7.81. The first kappa shape index (κ1) is 23.1. The van der Waals surface area contributed by atoms with Crippen molar-refractivity contribution in [3.63, 3.8) is 0 Å². The molecule has 1 aromatic carbocycles. The van der Waals surface area contributed by atoms with Gasteiger partial charge in [0.2, 0.25) is 5.91 Å². The number of aliphatic hydroxyl groups excluding tert-OH is 1. The van der Waals surface area contributed by atoms with Crippen molar-refractivity contribution in [3.05, 3.63) is 35.9 Å². The molecule has 1 aromatic rings. The number of rotatable bonds is 10. The predicted octanol–water partition coefficient (Wildman–Crippen LogP) is 0.982. The van der Waals surface area contributed by atoms with Crippen LogP contribution in [0.5, 0.6) is 0 Å². The molecule has 4 N–H and O–H groups in total. The zero-order valence-corrected chi connectivity index (χ0v) is 16.6. The number of amides is 1. The third-order valence-electron chi connectivity index (χ3n) is 4.11. The summed E-state index contributed by atoms with van der Waals surface area (Å²) in [4.78, 5) is 24.7. The van der Waals surface area contributed by atoms with Gasteiger partial charge in [-0.1, -0.05) is 51.1 Å². The highest BCUT2D eigenvalue weighted by atomic mass is 16.5. The van der Waals surface area contributed by atoms with E-state index < -0.39 is 30.3 Å². The summed E-state index contributed by atoms with van der Waals surface area (Å²) in [6.45, 7) is 6.78. The number of hydrogen-bond donors (Lipinski definition) is 4. The van der Waals surface area contributed by atoms with Crippen LogP contribution in [0.3, 0.4) is 0 Å². The second-order valence-corrected chi connectivity index (χ2v) is 7.81. The minimum Gasteiger partial charge on any atom is -0.467 e. The minimum absolute atomic E-state index is 0.0771. The summed E-state index contributed by atoms with van der Waals surface area (Å²) in [6.07, 6.45) is -0.707. The van der Waals surface area contributed by atoms with Crippen molar-refractivity contribution in [1.29, 1.82) is 0 Å². The van der Waals surface area contributed by atoms with Gasteiger partial charge in [0.15, 0.2) is 6.29 Å². The molecule has 0 aromatic heterocycles. The first-order chi connectivity index (χ1) is 12.6.